The van der Waals surface area contributed by atoms with E-state index in [-0.39, 0.29) is 11.4 Å². The highest BCUT2D eigenvalue weighted by molar-refractivity contribution is 6.28. The zero-order chi connectivity index (χ0) is 13.0. The molecule has 2 aromatic rings. The van der Waals surface area contributed by atoms with Crippen LogP contribution in [0.2, 0.25) is 5.28 Å². The van der Waals surface area contributed by atoms with Gasteiger partial charge in [-0.05, 0) is 24.6 Å². The summed E-state index contributed by atoms with van der Waals surface area (Å²) in [4.78, 5) is 12.2. The molecule has 0 aliphatic carbocycles. The standard InChI is InChI=1S/C10H13ClN6O/c1-7(18-2)6-12-9-14-8(11)15-10(16-9)17-5-3-4-13-17/h3-5,7H,6H2,1-2H3,(H,12,14,15,16). The molecule has 0 radical (unpaired) electrons. The average molecular weight is 269 g/mol. The largest absolute Gasteiger partial charge is 0.380 e. The number of rotatable bonds is 5. The Morgan fingerprint density at radius 2 is 2.28 bits per heavy atom. The van der Waals surface area contributed by atoms with Crippen LogP contribution in [0.1, 0.15) is 6.92 Å². The second-order valence-corrected chi connectivity index (χ2v) is 3.94. The molecule has 1 atom stereocenters. The molecule has 0 spiro atoms. The van der Waals surface area contributed by atoms with Crippen molar-refractivity contribution in [2.24, 2.45) is 0 Å². The molecule has 0 aliphatic heterocycles. The molecule has 0 aromatic carbocycles. The van der Waals surface area contributed by atoms with Crippen molar-refractivity contribution in [2.75, 3.05) is 19.0 Å². The van der Waals surface area contributed by atoms with Crippen LogP contribution in [0, 0.1) is 0 Å². The molecule has 8 heteroatoms. The van der Waals surface area contributed by atoms with E-state index in [1.807, 2.05) is 6.92 Å². The number of hydrogen-bond donors (Lipinski definition) is 1. The fourth-order valence-electron chi connectivity index (χ4n) is 1.23. The molecule has 2 rings (SSSR count). The van der Waals surface area contributed by atoms with Gasteiger partial charge in [0.25, 0.3) is 5.95 Å². The molecule has 1 unspecified atom stereocenters. The Hall–Kier alpha value is -1.73. The van der Waals surface area contributed by atoms with Crippen LogP contribution in [0.5, 0.6) is 0 Å². The van der Waals surface area contributed by atoms with E-state index in [1.54, 1.807) is 25.6 Å². The van der Waals surface area contributed by atoms with Crippen LogP contribution in [0.15, 0.2) is 18.5 Å². The van der Waals surface area contributed by atoms with Crippen molar-refractivity contribution in [3.05, 3.63) is 23.7 Å². The highest BCUT2D eigenvalue weighted by atomic mass is 35.5. The molecule has 0 saturated heterocycles. The third-order valence-electron chi connectivity index (χ3n) is 2.26. The minimum atomic E-state index is 0.0497. The summed E-state index contributed by atoms with van der Waals surface area (Å²) in [5.41, 5.74) is 0. The molecule has 0 aliphatic rings. The van der Waals surface area contributed by atoms with Crippen LogP contribution < -0.4 is 5.32 Å². The third kappa shape index (κ3) is 3.14. The third-order valence-corrected chi connectivity index (χ3v) is 2.42. The van der Waals surface area contributed by atoms with Gasteiger partial charge in [0.15, 0.2) is 0 Å². The lowest BCUT2D eigenvalue weighted by atomic mass is 10.4. The summed E-state index contributed by atoms with van der Waals surface area (Å²) >= 11 is 5.84. The molecule has 96 valence electrons. The minimum absolute atomic E-state index is 0.0497. The van der Waals surface area contributed by atoms with E-state index in [0.717, 1.165) is 0 Å². The highest BCUT2D eigenvalue weighted by Gasteiger charge is 2.08. The highest BCUT2D eigenvalue weighted by Crippen LogP contribution is 2.09. The van der Waals surface area contributed by atoms with Gasteiger partial charge in [0, 0.05) is 26.0 Å². The lowest BCUT2D eigenvalue weighted by Crippen LogP contribution is -2.20. The number of halogens is 1. The summed E-state index contributed by atoms with van der Waals surface area (Å²) < 4.78 is 6.63. The molecule has 0 amide bonds. The Balaban J connectivity index is 2.17. The smallest absolute Gasteiger partial charge is 0.256 e. The molecule has 2 heterocycles. The van der Waals surface area contributed by atoms with E-state index in [0.29, 0.717) is 18.4 Å². The van der Waals surface area contributed by atoms with Crippen molar-refractivity contribution in [3.63, 3.8) is 0 Å². The first-order valence-corrected chi connectivity index (χ1v) is 5.75. The van der Waals surface area contributed by atoms with Crippen molar-refractivity contribution in [2.45, 2.75) is 13.0 Å². The van der Waals surface area contributed by atoms with Crippen molar-refractivity contribution in [3.8, 4) is 5.95 Å². The van der Waals surface area contributed by atoms with E-state index in [2.05, 4.69) is 25.4 Å². The lowest BCUT2D eigenvalue weighted by molar-refractivity contribution is 0.128. The fraction of sp³-hybridized carbons (Fsp3) is 0.400. The molecule has 2 aromatic heterocycles. The Labute approximate surface area is 109 Å². The van der Waals surface area contributed by atoms with E-state index in [4.69, 9.17) is 16.3 Å². The van der Waals surface area contributed by atoms with Crippen molar-refractivity contribution >= 4 is 17.5 Å². The van der Waals surface area contributed by atoms with Crippen LogP contribution in [0.3, 0.4) is 0 Å². The van der Waals surface area contributed by atoms with Crippen molar-refractivity contribution in [1.29, 1.82) is 0 Å². The van der Waals surface area contributed by atoms with E-state index in [1.165, 1.54) is 4.68 Å². The molecule has 0 saturated carbocycles. The molecule has 7 nitrogen and oxygen atoms in total. The number of nitrogens with zero attached hydrogens (tertiary/aromatic N) is 5. The van der Waals surface area contributed by atoms with E-state index >= 15 is 0 Å². The van der Waals surface area contributed by atoms with Gasteiger partial charge in [-0.3, -0.25) is 0 Å². The second-order valence-electron chi connectivity index (χ2n) is 3.61. The van der Waals surface area contributed by atoms with Gasteiger partial charge in [0.1, 0.15) is 0 Å². The first-order valence-electron chi connectivity index (χ1n) is 5.37. The molecular formula is C10H13ClN6O. The van der Waals surface area contributed by atoms with Crippen molar-refractivity contribution in [1.82, 2.24) is 24.7 Å². The quantitative estimate of drug-likeness (QED) is 0.877. The van der Waals surface area contributed by atoms with Crippen LogP contribution in [-0.2, 0) is 4.74 Å². The average Bonchev–Trinajstić information content (AvgIpc) is 2.89. The first-order chi connectivity index (χ1) is 8.69. The number of anilines is 1. The Morgan fingerprint density at radius 3 is 2.94 bits per heavy atom. The predicted molar refractivity (Wildman–Crippen MR) is 66.9 cm³/mol. The van der Waals surface area contributed by atoms with Gasteiger partial charge >= 0.3 is 0 Å². The molecule has 1 N–H and O–H groups in total. The van der Waals surface area contributed by atoms with Gasteiger partial charge in [0.05, 0.1) is 6.10 Å². The Bertz CT molecular complexity index is 503. The normalized spacial score (nSPS) is 12.4. The summed E-state index contributed by atoms with van der Waals surface area (Å²) in [6.07, 6.45) is 3.42. The van der Waals surface area contributed by atoms with Crippen LogP contribution in [0.25, 0.3) is 5.95 Å². The Morgan fingerprint density at radius 1 is 1.44 bits per heavy atom. The van der Waals surface area contributed by atoms with Crippen LogP contribution >= 0.6 is 11.6 Å². The number of hydrogen-bond acceptors (Lipinski definition) is 6. The summed E-state index contributed by atoms with van der Waals surface area (Å²) in [6, 6.07) is 1.78. The number of nitrogens with one attached hydrogen (secondary N) is 1. The maximum atomic E-state index is 5.84. The van der Waals surface area contributed by atoms with Crippen LogP contribution in [0.4, 0.5) is 5.95 Å². The second kappa shape index (κ2) is 5.74. The summed E-state index contributed by atoms with van der Waals surface area (Å²) in [6.45, 7) is 2.51. The van der Waals surface area contributed by atoms with E-state index in [9.17, 15) is 0 Å². The van der Waals surface area contributed by atoms with Gasteiger partial charge in [-0.1, -0.05) is 0 Å². The van der Waals surface area contributed by atoms with Crippen LogP contribution in [-0.4, -0.2) is 44.5 Å². The summed E-state index contributed by atoms with van der Waals surface area (Å²) in [7, 11) is 1.64. The Kier molecular flexibility index (Phi) is 4.06. The maximum absolute atomic E-state index is 5.84. The SMILES string of the molecule is COC(C)CNc1nc(Cl)nc(-n2cccn2)n1. The van der Waals surface area contributed by atoms with Gasteiger partial charge in [0.2, 0.25) is 11.2 Å². The van der Waals surface area contributed by atoms with Gasteiger partial charge in [-0.15, -0.1) is 0 Å². The number of ether oxygens (including phenoxy) is 1. The summed E-state index contributed by atoms with van der Waals surface area (Å²) in [5, 5.41) is 7.17. The molecule has 0 bridgehead atoms. The molecule has 0 fully saturated rings. The molecular weight excluding hydrogens is 256 g/mol. The van der Waals surface area contributed by atoms with Gasteiger partial charge in [-0.25, -0.2) is 4.68 Å². The zero-order valence-electron chi connectivity index (χ0n) is 10.0. The van der Waals surface area contributed by atoms with Crippen molar-refractivity contribution < 1.29 is 4.74 Å². The first kappa shape index (κ1) is 12.7. The number of methoxy groups -OCH3 is 1. The zero-order valence-corrected chi connectivity index (χ0v) is 10.8. The minimum Gasteiger partial charge on any atom is -0.380 e. The monoisotopic (exact) mass is 268 g/mol. The van der Waals surface area contributed by atoms with Gasteiger partial charge < -0.3 is 10.1 Å². The lowest BCUT2D eigenvalue weighted by Gasteiger charge is -2.11. The predicted octanol–water partition coefficient (Wildman–Crippen LogP) is 1.16. The molecule has 18 heavy (non-hydrogen) atoms. The van der Waals surface area contributed by atoms with Gasteiger partial charge in [-0.2, -0.15) is 20.1 Å². The maximum Gasteiger partial charge on any atom is 0.256 e. The topological polar surface area (TPSA) is 77.8 Å². The fourth-order valence-corrected chi connectivity index (χ4v) is 1.38. The van der Waals surface area contributed by atoms with E-state index < -0.39 is 0 Å². The number of aromatic nitrogens is 5. The summed E-state index contributed by atoms with van der Waals surface area (Å²) in [5.74, 6) is 0.761.